The van der Waals surface area contributed by atoms with Crippen LogP contribution < -0.4 is 10.1 Å². The predicted molar refractivity (Wildman–Crippen MR) is 101 cm³/mol. The number of hydrogen-bond acceptors (Lipinski definition) is 3. The first-order valence-corrected chi connectivity index (χ1v) is 8.70. The van der Waals surface area contributed by atoms with Gasteiger partial charge in [0.25, 0.3) is 5.91 Å². The summed E-state index contributed by atoms with van der Waals surface area (Å²) < 4.78 is 5.26. The van der Waals surface area contributed by atoms with Crippen LogP contribution in [0, 0.1) is 0 Å². The monoisotopic (exact) mass is 373 g/mol. The molecule has 0 aromatic heterocycles. The van der Waals surface area contributed by atoms with Gasteiger partial charge in [-0.05, 0) is 36.4 Å². The summed E-state index contributed by atoms with van der Waals surface area (Å²) in [4.78, 5) is 28.5. The molecule has 1 heterocycles. The summed E-state index contributed by atoms with van der Waals surface area (Å²) in [6.07, 6.45) is 0. The molecule has 1 N–H and O–H groups in total. The fraction of sp³-hybridized carbons (Fsp3) is 0.263. The molecule has 7 heteroatoms. The molecule has 136 valence electrons. The van der Waals surface area contributed by atoms with Crippen molar-refractivity contribution in [2.24, 2.45) is 0 Å². The Balaban J connectivity index is 1.57. The first-order chi connectivity index (χ1) is 12.6. The van der Waals surface area contributed by atoms with Crippen LogP contribution in [0.4, 0.5) is 10.5 Å². The van der Waals surface area contributed by atoms with Crippen LogP contribution in [0.3, 0.4) is 0 Å². The topological polar surface area (TPSA) is 61.9 Å². The standard InChI is InChI=1S/C19H20ClN3O3/c1-26-17-5-3-2-4-16(17)18(24)22-10-12-23(13-11-22)19(25)21-15-8-6-14(20)7-9-15/h2-9H,10-13H2,1H3,(H,21,25). The maximum Gasteiger partial charge on any atom is 0.321 e. The number of para-hydroxylation sites is 1. The van der Waals surface area contributed by atoms with Crippen LogP contribution in [0.1, 0.15) is 10.4 Å². The molecule has 0 bridgehead atoms. The highest BCUT2D eigenvalue weighted by Gasteiger charge is 2.26. The quantitative estimate of drug-likeness (QED) is 0.897. The molecule has 0 saturated carbocycles. The average Bonchev–Trinajstić information content (AvgIpc) is 2.69. The Kier molecular flexibility index (Phi) is 5.63. The summed E-state index contributed by atoms with van der Waals surface area (Å²) >= 11 is 5.85. The smallest absolute Gasteiger partial charge is 0.321 e. The number of carbonyl (C=O) groups is 2. The van der Waals surface area contributed by atoms with Crippen molar-refractivity contribution in [1.29, 1.82) is 0 Å². The van der Waals surface area contributed by atoms with Crippen LogP contribution >= 0.6 is 11.6 Å². The van der Waals surface area contributed by atoms with E-state index < -0.39 is 0 Å². The largest absolute Gasteiger partial charge is 0.496 e. The molecule has 0 aliphatic carbocycles. The molecule has 0 atom stereocenters. The maximum absolute atomic E-state index is 12.7. The van der Waals surface area contributed by atoms with Gasteiger partial charge in [0.05, 0.1) is 12.7 Å². The van der Waals surface area contributed by atoms with E-state index in [4.69, 9.17) is 16.3 Å². The SMILES string of the molecule is COc1ccccc1C(=O)N1CCN(C(=O)Nc2ccc(Cl)cc2)CC1. The van der Waals surface area contributed by atoms with Crippen molar-refractivity contribution in [1.82, 2.24) is 9.80 Å². The number of benzene rings is 2. The minimum atomic E-state index is -0.184. The lowest BCUT2D eigenvalue weighted by Crippen LogP contribution is -2.51. The summed E-state index contributed by atoms with van der Waals surface area (Å²) in [7, 11) is 1.55. The van der Waals surface area contributed by atoms with E-state index in [0.717, 1.165) is 0 Å². The van der Waals surface area contributed by atoms with E-state index in [9.17, 15) is 9.59 Å². The molecule has 3 rings (SSSR count). The maximum atomic E-state index is 12.7. The van der Waals surface area contributed by atoms with Crippen LogP contribution in [-0.2, 0) is 0 Å². The number of nitrogens with one attached hydrogen (secondary N) is 1. The number of hydrogen-bond donors (Lipinski definition) is 1. The molecule has 0 spiro atoms. The van der Waals surface area contributed by atoms with Crippen molar-refractivity contribution in [2.75, 3.05) is 38.6 Å². The molecule has 1 aliphatic rings. The molecule has 26 heavy (non-hydrogen) atoms. The Hall–Kier alpha value is -2.73. The highest BCUT2D eigenvalue weighted by atomic mass is 35.5. The van der Waals surface area contributed by atoms with E-state index in [1.54, 1.807) is 53.3 Å². The third-order valence-corrected chi connectivity index (χ3v) is 4.54. The number of piperazine rings is 1. The van der Waals surface area contributed by atoms with Gasteiger partial charge in [0.2, 0.25) is 0 Å². The number of anilines is 1. The Labute approximate surface area is 157 Å². The number of methoxy groups -OCH3 is 1. The van der Waals surface area contributed by atoms with Crippen molar-refractivity contribution < 1.29 is 14.3 Å². The fourth-order valence-corrected chi connectivity index (χ4v) is 2.97. The van der Waals surface area contributed by atoms with Gasteiger partial charge in [-0.3, -0.25) is 4.79 Å². The zero-order chi connectivity index (χ0) is 18.5. The molecular weight excluding hydrogens is 354 g/mol. The second-order valence-corrected chi connectivity index (χ2v) is 6.35. The summed E-state index contributed by atoms with van der Waals surface area (Å²) in [5.74, 6) is 0.473. The molecule has 2 aromatic rings. The van der Waals surface area contributed by atoms with Gasteiger partial charge in [-0.25, -0.2) is 4.79 Å². The predicted octanol–water partition coefficient (Wildman–Crippen LogP) is 3.34. The Bertz CT molecular complexity index is 787. The van der Waals surface area contributed by atoms with Crippen LogP contribution in [0.25, 0.3) is 0 Å². The minimum Gasteiger partial charge on any atom is -0.496 e. The highest BCUT2D eigenvalue weighted by molar-refractivity contribution is 6.30. The van der Waals surface area contributed by atoms with Gasteiger partial charge >= 0.3 is 6.03 Å². The number of carbonyl (C=O) groups excluding carboxylic acids is 2. The third kappa shape index (κ3) is 4.08. The number of rotatable bonds is 3. The number of urea groups is 1. The van der Waals surface area contributed by atoms with Crippen LogP contribution in [0.5, 0.6) is 5.75 Å². The van der Waals surface area contributed by atoms with Gasteiger partial charge in [0.15, 0.2) is 0 Å². The molecular formula is C19H20ClN3O3. The van der Waals surface area contributed by atoms with Gasteiger partial charge < -0.3 is 19.9 Å². The molecule has 0 unspecified atom stereocenters. The molecule has 3 amide bonds. The lowest BCUT2D eigenvalue weighted by molar-refractivity contribution is 0.0668. The van der Waals surface area contributed by atoms with Gasteiger partial charge in [0, 0.05) is 36.9 Å². The lowest BCUT2D eigenvalue weighted by atomic mass is 10.1. The zero-order valence-electron chi connectivity index (χ0n) is 14.4. The second-order valence-electron chi connectivity index (χ2n) is 5.92. The van der Waals surface area contributed by atoms with Crippen molar-refractivity contribution in [3.8, 4) is 5.75 Å². The minimum absolute atomic E-state index is 0.0831. The van der Waals surface area contributed by atoms with Gasteiger partial charge in [0.1, 0.15) is 5.75 Å². The first-order valence-electron chi connectivity index (χ1n) is 8.32. The molecule has 0 radical (unpaired) electrons. The first kappa shape index (κ1) is 18.1. The van der Waals surface area contributed by atoms with Crippen molar-refractivity contribution in [2.45, 2.75) is 0 Å². The molecule has 1 aliphatic heterocycles. The van der Waals surface area contributed by atoms with Crippen LogP contribution in [0.2, 0.25) is 5.02 Å². The summed E-state index contributed by atoms with van der Waals surface area (Å²) in [6.45, 7) is 1.90. The zero-order valence-corrected chi connectivity index (χ0v) is 15.2. The van der Waals surface area contributed by atoms with Crippen molar-refractivity contribution in [3.05, 3.63) is 59.1 Å². The van der Waals surface area contributed by atoms with E-state index in [2.05, 4.69) is 5.32 Å². The van der Waals surface area contributed by atoms with E-state index in [1.807, 2.05) is 12.1 Å². The van der Waals surface area contributed by atoms with Gasteiger partial charge in [-0.1, -0.05) is 23.7 Å². The summed E-state index contributed by atoms with van der Waals surface area (Å²) in [5, 5.41) is 3.45. The highest BCUT2D eigenvalue weighted by Crippen LogP contribution is 2.20. The normalized spacial score (nSPS) is 14.1. The second kappa shape index (κ2) is 8.10. The van der Waals surface area contributed by atoms with Crippen molar-refractivity contribution >= 4 is 29.2 Å². The average molecular weight is 374 g/mol. The molecule has 2 aromatic carbocycles. The number of nitrogens with zero attached hydrogens (tertiary/aromatic N) is 2. The third-order valence-electron chi connectivity index (χ3n) is 4.29. The van der Waals surface area contributed by atoms with E-state index in [1.165, 1.54) is 0 Å². The summed E-state index contributed by atoms with van der Waals surface area (Å²) in [5.41, 5.74) is 1.22. The Morgan fingerprint density at radius 2 is 1.58 bits per heavy atom. The molecule has 1 saturated heterocycles. The fourth-order valence-electron chi connectivity index (χ4n) is 2.84. The van der Waals surface area contributed by atoms with Gasteiger partial charge in [-0.2, -0.15) is 0 Å². The van der Waals surface area contributed by atoms with Crippen LogP contribution in [0.15, 0.2) is 48.5 Å². The molecule has 6 nitrogen and oxygen atoms in total. The summed E-state index contributed by atoms with van der Waals surface area (Å²) in [6, 6.07) is 13.9. The Morgan fingerprint density at radius 1 is 0.962 bits per heavy atom. The molecule has 1 fully saturated rings. The van der Waals surface area contributed by atoms with Gasteiger partial charge in [-0.15, -0.1) is 0 Å². The van der Waals surface area contributed by atoms with E-state index >= 15 is 0 Å². The Morgan fingerprint density at radius 3 is 2.23 bits per heavy atom. The lowest BCUT2D eigenvalue weighted by Gasteiger charge is -2.35. The van der Waals surface area contributed by atoms with Crippen molar-refractivity contribution in [3.63, 3.8) is 0 Å². The number of ether oxygens (including phenoxy) is 1. The number of halogens is 1. The van der Waals surface area contributed by atoms with E-state index in [0.29, 0.717) is 48.2 Å². The van der Waals surface area contributed by atoms with E-state index in [-0.39, 0.29) is 11.9 Å². The number of amides is 3. The van der Waals surface area contributed by atoms with Crippen LogP contribution in [-0.4, -0.2) is 55.0 Å².